The largest absolute Gasteiger partial charge is 0.358 e. The minimum Gasteiger partial charge on any atom is -0.358 e. The van der Waals surface area contributed by atoms with Crippen LogP contribution in [0.25, 0.3) is 12.2 Å². The van der Waals surface area contributed by atoms with Gasteiger partial charge >= 0.3 is 0 Å². The van der Waals surface area contributed by atoms with Gasteiger partial charge in [0, 0.05) is 37.9 Å². The second kappa shape index (κ2) is 4.07. The van der Waals surface area contributed by atoms with Gasteiger partial charge < -0.3 is 9.88 Å². The molecule has 1 aromatic rings. The lowest BCUT2D eigenvalue weighted by molar-refractivity contribution is 0.351. The lowest BCUT2D eigenvalue weighted by Crippen LogP contribution is -2.21. The molecule has 2 heterocycles. The van der Waals surface area contributed by atoms with Crippen molar-refractivity contribution in [1.29, 1.82) is 0 Å². The van der Waals surface area contributed by atoms with Gasteiger partial charge in [0.05, 0.1) is 0 Å². The molecular weight excluding hydrogens is 184 g/mol. The summed E-state index contributed by atoms with van der Waals surface area (Å²) in [4.78, 5) is 5.82. The molecule has 0 atom stereocenters. The van der Waals surface area contributed by atoms with Crippen LogP contribution in [0.1, 0.15) is 23.9 Å². The number of rotatable bonds is 2. The Morgan fingerprint density at radius 2 is 2.00 bits per heavy atom. The molecule has 2 nitrogen and oxygen atoms in total. The number of H-pyrrole nitrogens is 1. The summed E-state index contributed by atoms with van der Waals surface area (Å²) in [6.45, 7) is 9.97. The van der Waals surface area contributed by atoms with Gasteiger partial charge in [-0.15, -0.1) is 0 Å². The number of likely N-dealkylation sites (N-methyl/N-ethyl adjacent to an activating group) is 1. The van der Waals surface area contributed by atoms with Crippen molar-refractivity contribution in [1.82, 2.24) is 9.88 Å². The van der Waals surface area contributed by atoms with Crippen LogP contribution in [-0.4, -0.2) is 30.0 Å². The molecule has 82 valence electrons. The molecule has 0 radical (unpaired) electrons. The van der Waals surface area contributed by atoms with Gasteiger partial charge in [0.25, 0.3) is 0 Å². The van der Waals surface area contributed by atoms with Gasteiger partial charge in [-0.05, 0) is 25.1 Å². The number of hydrogen-bond acceptors (Lipinski definition) is 1. The first-order valence-electron chi connectivity index (χ1n) is 5.43. The molecule has 15 heavy (non-hydrogen) atoms. The smallest absolute Gasteiger partial charge is 0.0452 e. The molecule has 2 heteroatoms. The van der Waals surface area contributed by atoms with E-state index in [1.807, 2.05) is 12.2 Å². The van der Waals surface area contributed by atoms with E-state index in [4.69, 9.17) is 0 Å². The van der Waals surface area contributed by atoms with Gasteiger partial charge in [0.2, 0.25) is 0 Å². The van der Waals surface area contributed by atoms with Crippen molar-refractivity contribution in [3.63, 3.8) is 0 Å². The number of aromatic nitrogens is 1. The van der Waals surface area contributed by atoms with Crippen LogP contribution >= 0.6 is 0 Å². The third-order valence-electron chi connectivity index (χ3n) is 3.16. The molecule has 0 aromatic carbocycles. The van der Waals surface area contributed by atoms with E-state index in [2.05, 4.69) is 30.1 Å². The Morgan fingerprint density at radius 3 is 2.67 bits per heavy atom. The molecular formula is C13H20N2. The first-order valence-corrected chi connectivity index (χ1v) is 5.43. The van der Waals surface area contributed by atoms with Crippen molar-refractivity contribution < 1.29 is 1.43 Å². The maximum absolute atomic E-state index is 3.89. The van der Waals surface area contributed by atoms with Crippen LogP contribution < -0.4 is 0 Å². The number of fused-ring (bicyclic) bond motifs is 1. The van der Waals surface area contributed by atoms with Gasteiger partial charge in [-0.3, -0.25) is 0 Å². The Labute approximate surface area is 92.8 Å². The zero-order valence-electron chi connectivity index (χ0n) is 9.34. The summed E-state index contributed by atoms with van der Waals surface area (Å²) in [5.74, 6) is 0. The number of aromatic amines is 1. The summed E-state index contributed by atoms with van der Waals surface area (Å²) in [5.41, 5.74) is 5.17. The van der Waals surface area contributed by atoms with Crippen LogP contribution in [0.2, 0.25) is 0 Å². The fourth-order valence-electron chi connectivity index (χ4n) is 2.24. The Morgan fingerprint density at radius 1 is 1.27 bits per heavy atom. The predicted octanol–water partition coefficient (Wildman–Crippen LogP) is 2.58. The summed E-state index contributed by atoms with van der Waals surface area (Å²) in [7, 11) is 2.17. The van der Waals surface area contributed by atoms with Crippen molar-refractivity contribution >= 4 is 12.2 Å². The molecule has 1 aliphatic rings. The van der Waals surface area contributed by atoms with Gasteiger partial charge in [0.1, 0.15) is 0 Å². The maximum atomic E-state index is 3.89. The van der Waals surface area contributed by atoms with E-state index in [0.29, 0.717) is 0 Å². The van der Waals surface area contributed by atoms with Gasteiger partial charge in [-0.25, -0.2) is 0 Å². The van der Waals surface area contributed by atoms with Crippen LogP contribution in [0.4, 0.5) is 0 Å². The summed E-state index contributed by atoms with van der Waals surface area (Å²) >= 11 is 0. The normalized spacial score (nSPS) is 16.9. The first-order chi connectivity index (χ1) is 7.26. The number of nitrogens with zero attached hydrogens (tertiary/aromatic N) is 1. The molecule has 1 aromatic heterocycles. The highest BCUT2D eigenvalue weighted by atomic mass is 15.1. The van der Waals surface area contributed by atoms with Gasteiger partial charge in [-0.2, -0.15) is 0 Å². The summed E-state index contributed by atoms with van der Waals surface area (Å²) in [6.07, 6.45) is 6.03. The lowest BCUT2D eigenvalue weighted by atomic mass is 10.0. The highest BCUT2D eigenvalue weighted by molar-refractivity contribution is 5.66. The molecule has 2 rings (SSSR count). The van der Waals surface area contributed by atoms with Crippen molar-refractivity contribution in [3.05, 3.63) is 35.7 Å². The standard InChI is InChI=1S/C13H18N2.H2/c1-4-10-11-6-8-15(3)9-7-13(11)14-12(10)5-2;/h4-5,14H,1-2,6-9H2,3H3;1H. The van der Waals surface area contributed by atoms with E-state index in [1.165, 1.54) is 16.8 Å². The Hall–Kier alpha value is -1.28. The predicted molar refractivity (Wildman–Crippen MR) is 68.0 cm³/mol. The molecule has 0 unspecified atom stereocenters. The minimum absolute atomic E-state index is 0. The third kappa shape index (κ3) is 1.77. The van der Waals surface area contributed by atoms with Crippen LogP contribution in [0.5, 0.6) is 0 Å². The van der Waals surface area contributed by atoms with E-state index >= 15 is 0 Å². The molecule has 0 saturated heterocycles. The lowest BCUT2D eigenvalue weighted by Gasteiger charge is -2.11. The fraction of sp³-hybridized carbons (Fsp3) is 0.385. The van der Waals surface area contributed by atoms with Crippen LogP contribution in [0.3, 0.4) is 0 Å². The van der Waals surface area contributed by atoms with E-state index in [1.54, 1.807) is 0 Å². The van der Waals surface area contributed by atoms with Crippen molar-refractivity contribution in [3.8, 4) is 0 Å². The average molecular weight is 204 g/mol. The van der Waals surface area contributed by atoms with E-state index in [-0.39, 0.29) is 1.43 Å². The number of nitrogens with one attached hydrogen (secondary N) is 1. The van der Waals surface area contributed by atoms with Gasteiger partial charge in [0.15, 0.2) is 0 Å². The monoisotopic (exact) mass is 204 g/mol. The molecule has 0 amide bonds. The maximum Gasteiger partial charge on any atom is 0.0452 e. The van der Waals surface area contributed by atoms with Crippen molar-refractivity contribution in [2.75, 3.05) is 20.1 Å². The topological polar surface area (TPSA) is 19.0 Å². The van der Waals surface area contributed by atoms with Crippen LogP contribution in [0.15, 0.2) is 13.2 Å². The molecule has 1 aliphatic heterocycles. The SMILES string of the molecule is C=Cc1[nH]c2c(c1C=C)CCN(C)CC2.[HH]. The minimum atomic E-state index is 0. The Bertz CT molecular complexity index is 393. The summed E-state index contributed by atoms with van der Waals surface area (Å²) < 4.78 is 0. The molecule has 0 saturated carbocycles. The van der Waals surface area contributed by atoms with Crippen molar-refractivity contribution in [2.24, 2.45) is 0 Å². The molecule has 0 spiro atoms. The number of hydrogen-bond donors (Lipinski definition) is 1. The second-order valence-corrected chi connectivity index (χ2v) is 4.12. The summed E-state index contributed by atoms with van der Waals surface area (Å²) in [5, 5.41) is 0. The van der Waals surface area contributed by atoms with E-state index in [9.17, 15) is 0 Å². The fourth-order valence-corrected chi connectivity index (χ4v) is 2.24. The van der Waals surface area contributed by atoms with Crippen LogP contribution in [0, 0.1) is 0 Å². The van der Waals surface area contributed by atoms with Crippen molar-refractivity contribution in [2.45, 2.75) is 12.8 Å². The average Bonchev–Trinajstić information content (AvgIpc) is 2.50. The van der Waals surface area contributed by atoms with E-state index < -0.39 is 0 Å². The Kier molecular flexibility index (Phi) is 2.78. The zero-order valence-corrected chi connectivity index (χ0v) is 9.34. The van der Waals surface area contributed by atoms with Gasteiger partial charge in [-0.1, -0.05) is 19.2 Å². The second-order valence-electron chi connectivity index (χ2n) is 4.12. The summed E-state index contributed by atoms with van der Waals surface area (Å²) in [6, 6.07) is 0. The molecule has 1 N–H and O–H groups in total. The first kappa shape index (κ1) is 10.2. The highest BCUT2D eigenvalue weighted by Crippen LogP contribution is 2.24. The third-order valence-corrected chi connectivity index (χ3v) is 3.16. The molecule has 0 aliphatic carbocycles. The highest BCUT2D eigenvalue weighted by Gasteiger charge is 2.17. The zero-order chi connectivity index (χ0) is 10.8. The van der Waals surface area contributed by atoms with E-state index in [0.717, 1.165) is 31.6 Å². The Balaban J connectivity index is 0.00000128. The van der Waals surface area contributed by atoms with Crippen LogP contribution in [-0.2, 0) is 12.8 Å². The quantitative estimate of drug-likeness (QED) is 0.784. The molecule has 0 fully saturated rings. The molecule has 0 bridgehead atoms.